The van der Waals surface area contributed by atoms with Crippen LogP contribution in [0.5, 0.6) is 0 Å². The Hall–Kier alpha value is -0.830. The van der Waals surface area contributed by atoms with Crippen molar-refractivity contribution in [2.75, 3.05) is 33.2 Å². The van der Waals surface area contributed by atoms with Crippen LogP contribution in [0.3, 0.4) is 0 Å². The zero-order valence-corrected chi connectivity index (χ0v) is 21.1. The largest absolute Gasteiger partial charge is 0.361 e. The molecule has 1 aromatic rings. The smallest absolute Gasteiger partial charge is 0.191 e. The second-order valence-corrected chi connectivity index (χ2v) is 8.78. The zero-order valence-electron chi connectivity index (χ0n) is 18.7. The van der Waals surface area contributed by atoms with Gasteiger partial charge < -0.3 is 15.2 Å². The highest BCUT2D eigenvalue weighted by Crippen LogP contribution is 2.35. The summed E-state index contributed by atoms with van der Waals surface area (Å²) < 4.78 is 5.33. The van der Waals surface area contributed by atoms with Crippen molar-refractivity contribution in [1.82, 2.24) is 20.7 Å². The maximum Gasteiger partial charge on any atom is 0.191 e. The second-order valence-electron chi connectivity index (χ2n) is 8.78. The SMILES string of the molecule is CN=C(NCC(C)c1c(C)noc1C)NCC1(N2CCCCC2)CCCCC1.I. The average Bonchev–Trinajstić information content (AvgIpc) is 3.07. The van der Waals surface area contributed by atoms with Crippen LogP contribution in [0.15, 0.2) is 9.52 Å². The van der Waals surface area contributed by atoms with Gasteiger partial charge in [-0.1, -0.05) is 37.8 Å². The molecule has 1 unspecified atom stereocenters. The molecular formula is C22H40IN5O. The van der Waals surface area contributed by atoms with Gasteiger partial charge in [-0.15, -0.1) is 24.0 Å². The van der Waals surface area contributed by atoms with E-state index in [1.807, 2.05) is 20.9 Å². The van der Waals surface area contributed by atoms with Gasteiger partial charge in [-0.25, -0.2) is 0 Å². The third-order valence-corrected chi connectivity index (χ3v) is 6.78. The molecule has 29 heavy (non-hydrogen) atoms. The lowest BCUT2D eigenvalue weighted by Gasteiger charge is -2.48. The van der Waals surface area contributed by atoms with Crippen LogP contribution >= 0.6 is 24.0 Å². The molecule has 1 aliphatic carbocycles. The van der Waals surface area contributed by atoms with Crippen LogP contribution in [0, 0.1) is 13.8 Å². The molecule has 1 aromatic heterocycles. The first-order valence-corrected chi connectivity index (χ1v) is 11.2. The number of halogens is 1. The van der Waals surface area contributed by atoms with Crippen LogP contribution in [-0.2, 0) is 0 Å². The number of rotatable bonds is 6. The number of piperidine rings is 1. The number of hydrogen-bond acceptors (Lipinski definition) is 4. The van der Waals surface area contributed by atoms with Gasteiger partial charge in [0.25, 0.3) is 0 Å². The van der Waals surface area contributed by atoms with E-state index in [0.717, 1.165) is 30.5 Å². The fourth-order valence-corrected chi connectivity index (χ4v) is 5.20. The van der Waals surface area contributed by atoms with E-state index < -0.39 is 0 Å². The third kappa shape index (κ3) is 6.09. The number of nitrogens with one attached hydrogen (secondary N) is 2. The number of aromatic nitrogens is 1. The van der Waals surface area contributed by atoms with Crippen molar-refractivity contribution in [3.63, 3.8) is 0 Å². The molecule has 2 fully saturated rings. The summed E-state index contributed by atoms with van der Waals surface area (Å²) in [6.07, 6.45) is 10.8. The van der Waals surface area contributed by atoms with Crippen LogP contribution in [-0.4, -0.2) is 54.8 Å². The number of likely N-dealkylation sites (tertiary alicyclic amines) is 1. The summed E-state index contributed by atoms with van der Waals surface area (Å²) in [5, 5.41) is 11.3. The Balaban J connectivity index is 0.00000300. The fourth-order valence-electron chi connectivity index (χ4n) is 5.20. The topological polar surface area (TPSA) is 65.7 Å². The molecule has 0 aromatic carbocycles. The molecule has 1 atom stereocenters. The maximum atomic E-state index is 5.33. The molecular weight excluding hydrogens is 477 g/mol. The summed E-state index contributed by atoms with van der Waals surface area (Å²) in [5.41, 5.74) is 2.50. The summed E-state index contributed by atoms with van der Waals surface area (Å²) in [5.74, 6) is 2.15. The van der Waals surface area contributed by atoms with Crippen LogP contribution in [0.25, 0.3) is 0 Å². The molecule has 2 N–H and O–H groups in total. The van der Waals surface area contributed by atoms with E-state index in [1.54, 1.807) is 0 Å². The first-order chi connectivity index (χ1) is 13.6. The molecule has 1 saturated heterocycles. The average molecular weight is 518 g/mol. The Morgan fingerprint density at radius 3 is 2.34 bits per heavy atom. The lowest BCUT2D eigenvalue weighted by molar-refractivity contribution is 0.0368. The van der Waals surface area contributed by atoms with Crippen molar-refractivity contribution in [1.29, 1.82) is 0 Å². The lowest BCUT2D eigenvalue weighted by Crippen LogP contribution is -2.59. The lowest BCUT2D eigenvalue weighted by atomic mass is 9.79. The molecule has 0 radical (unpaired) electrons. The number of hydrogen-bond donors (Lipinski definition) is 2. The quantitative estimate of drug-likeness (QED) is 0.334. The maximum absolute atomic E-state index is 5.33. The van der Waals surface area contributed by atoms with Crippen molar-refractivity contribution in [3.8, 4) is 0 Å². The number of guanidine groups is 1. The van der Waals surface area contributed by atoms with E-state index >= 15 is 0 Å². The molecule has 3 rings (SSSR count). The third-order valence-electron chi connectivity index (χ3n) is 6.78. The molecule has 2 heterocycles. The Morgan fingerprint density at radius 2 is 1.76 bits per heavy atom. The van der Waals surface area contributed by atoms with E-state index in [4.69, 9.17) is 4.52 Å². The summed E-state index contributed by atoms with van der Waals surface area (Å²) in [4.78, 5) is 7.26. The summed E-state index contributed by atoms with van der Waals surface area (Å²) in [6, 6.07) is 0. The van der Waals surface area contributed by atoms with Gasteiger partial charge in [0.05, 0.1) is 5.69 Å². The van der Waals surface area contributed by atoms with Crippen LogP contribution in [0.2, 0.25) is 0 Å². The van der Waals surface area contributed by atoms with Gasteiger partial charge in [0.15, 0.2) is 5.96 Å². The van der Waals surface area contributed by atoms with Gasteiger partial charge >= 0.3 is 0 Å². The van der Waals surface area contributed by atoms with Gasteiger partial charge in [0.2, 0.25) is 0 Å². The van der Waals surface area contributed by atoms with E-state index in [1.165, 1.54) is 70.0 Å². The van der Waals surface area contributed by atoms with E-state index in [9.17, 15) is 0 Å². The Morgan fingerprint density at radius 1 is 1.10 bits per heavy atom. The first kappa shape index (κ1) is 24.4. The molecule has 166 valence electrons. The standard InChI is InChI=1S/C22H39N5O.HI/c1-17(20-18(2)26-28-19(20)3)15-24-21(23-4)25-16-22(11-7-5-8-12-22)27-13-9-6-10-14-27;/h17H,5-16H2,1-4H3,(H2,23,24,25);1H. The number of aliphatic imine (C=N–C) groups is 1. The highest BCUT2D eigenvalue weighted by Gasteiger charge is 2.38. The highest BCUT2D eigenvalue weighted by molar-refractivity contribution is 14.0. The number of nitrogens with zero attached hydrogens (tertiary/aromatic N) is 3. The minimum Gasteiger partial charge on any atom is -0.361 e. The second kappa shape index (κ2) is 11.5. The Bertz CT molecular complexity index is 628. The normalized spacial score (nSPS) is 21.3. The van der Waals surface area contributed by atoms with Crippen molar-refractivity contribution in [3.05, 3.63) is 17.0 Å². The molecule has 0 amide bonds. The highest BCUT2D eigenvalue weighted by atomic mass is 127. The minimum atomic E-state index is 0. The van der Waals surface area contributed by atoms with Crippen LogP contribution in [0.1, 0.15) is 81.2 Å². The van der Waals surface area contributed by atoms with E-state index in [0.29, 0.717) is 11.5 Å². The summed E-state index contributed by atoms with van der Waals surface area (Å²) in [6.45, 7) is 10.5. The van der Waals surface area contributed by atoms with Gasteiger partial charge in [0, 0.05) is 37.2 Å². The first-order valence-electron chi connectivity index (χ1n) is 11.2. The van der Waals surface area contributed by atoms with Crippen molar-refractivity contribution >= 4 is 29.9 Å². The van der Waals surface area contributed by atoms with Crippen molar-refractivity contribution in [2.24, 2.45) is 4.99 Å². The van der Waals surface area contributed by atoms with Crippen molar-refractivity contribution < 1.29 is 4.52 Å². The molecule has 7 heteroatoms. The molecule has 0 spiro atoms. The zero-order chi connectivity index (χ0) is 20.0. The minimum absolute atomic E-state index is 0. The fraction of sp³-hybridized carbons (Fsp3) is 0.818. The predicted octanol–water partition coefficient (Wildman–Crippen LogP) is 4.37. The Kier molecular flexibility index (Phi) is 9.72. The Labute approximate surface area is 193 Å². The van der Waals surface area contributed by atoms with E-state index in [2.05, 4.69) is 32.6 Å². The van der Waals surface area contributed by atoms with E-state index in [-0.39, 0.29) is 24.0 Å². The van der Waals surface area contributed by atoms with Crippen LogP contribution in [0.4, 0.5) is 0 Å². The molecule has 1 aliphatic heterocycles. The molecule has 2 aliphatic rings. The number of aryl methyl sites for hydroxylation is 2. The predicted molar refractivity (Wildman–Crippen MR) is 130 cm³/mol. The van der Waals surface area contributed by atoms with Gasteiger partial charge in [0.1, 0.15) is 5.76 Å². The molecule has 1 saturated carbocycles. The van der Waals surface area contributed by atoms with Gasteiger partial charge in [-0.3, -0.25) is 9.89 Å². The van der Waals surface area contributed by atoms with Crippen molar-refractivity contribution in [2.45, 2.75) is 83.6 Å². The van der Waals surface area contributed by atoms with Gasteiger partial charge in [-0.05, 0) is 52.6 Å². The summed E-state index contributed by atoms with van der Waals surface area (Å²) in [7, 11) is 1.87. The summed E-state index contributed by atoms with van der Waals surface area (Å²) >= 11 is 0. The monoisotopic (exact) mass is 517 g/mol. The molecule has 0 bridgehead atoms. The molecule has 6 nitrogen and oxygen atoms in total. The van der Waals surface area contributed by atoms with Crippen LogP contribution < -0.4 is 10.6 Å². The van der Waals surface area contributed by atoms with Gasteiger partial charge in [-0.2, -0.15) is 0 Å².